The normalized spacial score (nSPS) is 10.5. The monoisotopic (exact) mass is 252 g/mol. The van der Waals surface area contributed by atoms with Crippen molar-refractivity contribution in [1.82, 2.24) is 9.97 Å². The maximum atomic E-state index is 6.06. The molecule has 2 aromatic rings. The van der Waals surface area contributed by atoms with Crippen molar-refractivity contribution in [3.63, 3.8) is 0 Å². The quantitative estimate of drug-likeness (QED) is 0.905. The van der Waals surface area contributed by atoms with Gasteiger partial charge >= 0.3 is 0 Å². The Balaban J connectivity index is 2.25. The van der Waals surface area contributed by atoms with E-state index in [1.165, 1.54) is 6.20 Å². The van der Waals surface area contributed by atoms with Gasteiger partial charge in [0.1, 0.15) is 10.8 Å². The van der Waals surface area contributed by atoms with Crippen molar-refractivity contribution < 1.29 is 4.42 Å². The Morgan fingerprint density at radius 3 is 3.00 bits per heavy atom. The first kappa shape index (κ1) is 11.7. The molecule has 0 fully saturated rings. The summed E-state index contributed by atoms with van der Waals surface area (Å²) in [5, 5.41) is 0.479. The van der Waals surface area contributed by atoms with Crippen LogP contribution < -0.4 is 10.6 Å². The highest BCUT2D eigenvalue weighted by atomic mass is 35.5. The molecule has 0 aliphatic carbocycles. The van der Waals surface area contributed by atoms with E-state index in [0.29, 0.717) is 17.4 Å². The Morgan fingerprint density at radius 2 is 2.35 bits per heavy atom. The lowest BCUT2D eigenvalue weighted by Gasteiger charge is -2.21. The van der Waals surface area contributed by atoms with Crippen LogP contribution in [0.15, 0.2) is 29.0 Å². The number of nitrogens with zero attached hydrogens (tertiary/aromatic N) is 3. The lowest BCUT2D eigenvalue weighted by Crippen LogP contribution is -2.23. The van der Waals surface area contributed by atoms with Gasteiger partial charge in [0.2, 0.25) is 5.95 Å². The third kappa shape index (κ3) is 2.68. The Morgan fingerprint density at radius 1 is 1.53 bits per heavy atom. The van der Waals surface area contributed by atoms with E-state index in [9.17, 15) is 0 Å². The fourth-order valence-corrected chi connectivity index (χ4v) is 1.73. The number of furan rings is 1. The van der Waals surface area contributed by atoms with Gasteiger partial charge in [0, 0.05) is 6.54 Å². The number of nitrogens with two attached hydrogens (primary N) is 1. The van der Waals surface area contributed by atoms with E-state index in [4.69, 9.17) is 21.8 Å². The van der Waals surface area contributed by atoms with Crippen LogP contribution in [0.25, 0.3) is 0 Å². The summed E-state index contributed by atoms with van der Waals surface area (Å²) in [4.78, 5) is 9.95. The molecule has 0 spiro atoms. The van der Waals surface area contributed by atoms with Crippen molar-refractivity contribution in [2.75, 3.05) is 17.2 Å². The van der Waals surface area contributed by atoms with Gasteiger partial charge in [0.15, 0.2) is 5.82 Å². The molecule has 2 heterocycles. The standard InChI is InChI=1S/C11H13ClN4O/c1-2-16(7-8-4-3-5-17-8)10-9(12)6-14-11(13)15-10/h3-6H,2,7H2,1H3,(H2,13,14,15). The minimum absolute atomic E-state index is 0.210. The average Bonchev–Trinajstić information content (AvgIpc) is 2.82. The molecule has 6 heteroatoms. The first-order valence-corrected chi connectivity index (χ1v) is 5.64. The minimum Gasteiger partial charge on any atom is -0.467 e. The first-order valence-electron chi connectivity index (χ1n) is 5.26. The molecule has 0 amide bonds. The Labute approximate surface area is 104 Å². The minimum atomic E-state index is 0.210. The highest BCUT2D eigenvalue weighted by molar-refractivity contribution is 6.32. The highest BCUT2D eigenvalue weighted by Crippen LogP contribution is 2.24. The van der Waals surface area contributed by atoms with Crippen LogP contribution >= 0.6 is 11.6 Å². The van der Waals surface area contributed by atoms with Crippen LogP contribution in [0, 0.1) is 0 Å². The van der Waals surface area contributed by atoms with Gasteiger partial charge < -0.3 is 15.1 Å². The van der Waals surface area contributed by atoms with Crippen molar-refractivity contribution in [3.8, 4) is 0 Å². The van der Waals surface area contributed by atoms with Crippen molar-refractivity contribution in [3.05, 3.63) is 35.4 Å². The first-order chi connectivity index (χ1) is 8.20. The van der Waals surface area contributed by atoms with Crippen LogP contribution in [0.2, 0.25) is 5.02 Å². The molecule has 0 radical (unpaired) electrons. The van der Waals surface area contributed by atoms with Crippen LogP contribution in [-0.2, 0) is 6.54 Å². The van der Waals surface area contributed by atoms with Gasteiger partial charge in [-0.15, -0.1) is 0 Å². The number of halogens is 1. The predicted octanol–water partition coefficient (Wildman–Crippen LogP) is 2.33. The fourth-order valence-electron chi connectivity index (χ4n) is 1.52. The third-order valence-corrected chi connectivity index (χ3v) is 2.62. The van der Waals surface area contributed by atoms with Gasteiger partial charge in [-0.05, 0) is 19.1 Å². The van der Waals surface area contributed by atoms with Crippen molar-refractivity contribution in [1.29, 1.82) is 0 Å². The summed E-state index contributed by atoms with van der Waals surface area (Å²) >= 11 is 6.06. The van der Waals surface area contributed by atoms with E-state index in [1.807, 2.05) is 24.0 Å². The topological polar surface area (TPSA) is 68.2 Å². The van der Waals surface area contributed by atoms with Gasteiger partial charge in [-0.25, -0.2) is 4.98 Å². The van der Waals surface area contributed by atoms with Crippen LogP contribution in [0.5, 0.6) is 0 Å². The second-order valence-corrected chi connectivity index (χ2v) is 3.90. The number of hydrogen-bond donors (Lipinski definition) is 1. The average molecular weight is 253 g/mol. The summed E-state index contributed by atoms with van der Waals surface area (Å²) in [7, 11) is 0. The van der Waals surface area contributed by atoms with Crippen LogP contribution in [-0.4, -0.2) is 16.5 Å². The second kappa shape index (κ2) is 5.05. The summed E-state index contributed by atoms with van der Waals surface area (Å²) in [6.45, 7) is 3.36. The molecule has 2 N–H and O–H groups in total. The maximum Gasteiger partial charge on any atom is 0.222 e. The van der Waals surface area contributed by atoms with E-state index in [0.717, 1.165) is 12.3 Å². The van der Waals surface area contributed by atoms with Gasteiger partial charge in [-0.2, -0.15) is 4.98 Å². The zero-order valence-electron chi connectivity index (χ0n) is 9.43. The van der Waals surface area contributed by atoms with Crippen molar-refractivity contribution in [2.45, 2.75) is 13.5 Å². The summed E-state index contributed by atoms with van der Waals surface area (Å²) in [5.74, 6) is 1.68. The highest BCUT2D eigenvalue weighted by Gasteiger charge is 2.13. The maximum absolute atomic E-state index is 6.06. The van der Waals surface area contributed by atoms with Gasteiger partial charge in [0.25, 0.3) is 0 Å². The van der Waals surface area contributed by atoms with Gasteiger partial charge in [-0.3, -0.25) is 0 Å². The number of rotatable bonds is 4. The zero-order chi connectivity index (χ0) is 12.3. The third-order valence-electron chi connectivity index (χ3n) is 2.35. The molecular formula is C11H13ClN4O. The summed E-state index contributed by atoms with van der Waals surface area (Å²) in [6, 6.07) is 3.75. The molecule has 2 rings (SSSR count). The fraction of sp³-hybridized carbons (Fsp3) is 0.273. The second-order valence-electron chi connectivity index (χ2n) is 3.49. The van der Waals surface area contributed by atoms with Crippen LogP contribution in [0.3, 0.4) is 0 Å². The lowest BCUT2D eigenvalue weighted by molar-refractivity contribution is 0.503. The molecule has 0 aliphatic rings. The SMILES string of the molecule is CCN(Cc1ccco1)c1nc(N)ncc1Cl. The molecule has 17 heavy (non-hydrogen) atoms. The summed E-state index contributed by atoms with van der Waals surface area (Å²) < 4.78 is 5.30. The van der Waals surface area contributed by atoms with E-state index >= 15 is 0 Å². The number of anilines is 2. The predicted molar refractivity (Wildman–Crippen MR) is 66.9 cm³/mol. The van der Waals surface area contributed by atoms with Crippen molar-refractivity contribution >= 4 is 23.4 Å². The van der Waals surface area contributed by atoms with Crippen LogP contribution in [0.4, 0.5) is 11.8 Å². The Bertz CT molecular complexity index is 486. The molecule has 0 saturated carbocycles. The molecule has 2 aromatic heterocycles. The molecular weight excluding hydrogens is 240 g/mol. The summed E-state index contributed by atoms with van der Waals surface area (Å²) in [5.41, 5.74) is 5.56. The molecule has 90 valence electrons. The number of aromatic nitrogens is 2. The summed E-state index contributed by atoms with van der Waals surface area (Å²) in [6.07, 6.45) is 3.14. The molecule has 0 aromatic carbocycles. The smallest absolute Gasteiger partial charge is 0.222 e. The van der Waals surface area contributed by atoms with Crippen molar-refractivity contribution in [2.24, 2.45) is 0 Å². The lowest BCUT2D eigenvalue weighted by atomic mass is 10.4. The zero-order valence-corrected chi connectivity index (χ0v) is 10.2. The molecule has 0 aliphatic heterocycles. The molecule has 5 nitrogen and oxygen atoms in total. The van der Waals surface area contributed by atoms with E-state index in [-0.39, 0.29) is 5.95 Å². The van der Waals surface area contributed by atoms with E-state index in [1.54, 1.807) is 6.26 Å². The molecule has 0 atom stereocenters. The van der Waals surface area contributed by atoms with E-state index in [2.05, 4.69) is 9.97 Å². The van der Waals surface area contributed by atoms with Gasteiger partial charge in [-0.1, -0.05) is 11.6 Å². The molecule has 0 unspecified atom stereocenters. The van der Waals surface area contributed by atoms with Crippen LogP contribution in [0.1, 0.15) is 12.7 Å². The van der Waals surface area contributed by atoms with Gasteiger partial charge in [0.05, 0.1) is 19.0 Å². The Kier molecular flexibility index (Phi) is 3.49. The molecule has 0 bridgehead atoms. The van der Waals surface area contributed by atoms with E-state index < -0.39 is 0 Å². The largest absolute Gasteiger partial charge is 0.467 e. The number of nitrogen functional groups attached to an aromatic ring is 1. The Hall–Kier alpha value is -1.75. The number of hydrogen-bond acceptors (Lipinski definition) is 5. The molecule has 0 saturated heterocycles.